The molecule has 1 aromatic rings. The number of rotatable bonds is 3. The van der Waals surface area contributed by atoms with Crippen LogP contribution in [0, 0.1) is 5.92 Å². The highest BCUT2D eigenvalue weighted by Gasteiger charge is 2.18. The summed E-state index contributed by atoms with van der Waals surface area (Å²) in [5.74, 6) is 0.0438. The molecule has 0 aliphatic carbocycles. The standard InChI is InChI=1S/C8H14BrN3O/c1-5(4-10)8(13)6-3-7(9)11-12(6)2/h3,5,8,13H,4,10H2,1-2H3. The zero-order chi connectivity index (χ0) is 10.0. The second-order valence-corrected chi connectivity index (χ2v) is 3.99. The highest BCUT2D eigenvalue weighted by atomic mass is 79.9. The van der Waals surface area contributed by atoms with Crippen molar-refractivity contribution in [3.05, 3.63) is 16.4 Å². The Hall–Kier alpha value is -0.390. The Morgan fingerprint density at radius 1 is 1.77 bits per heavy atom. The number of halogens is 1. The van der Waals surface area contributed by atoms with Crippen LogP contribution in [0.25, 0.3) is 0 Å². The molecular formula is C8H14BrN3O. The van der Waals surface area contributed by atoms with Crippen LogP contribution >= 0.6 is 15.9 Å². The normalized spacial score (nSPS) is 15.8. The van der Waals surface area contributed by atoms with E-state index in [2.05, 4.69) is 21.0 Å². The molecule has 1 rings (SSSR count). The largest absolute Gasteiger partial charge is 0.386 e. The molecule has 0 saturated carbocycles. The lowest BCUT2D eigenvalue weighted by Gasteiger charge is -2.16. The summed E-state index contributed by atoms with van der Waals surface area (Å²) in [6.07, 6.45) is -0.547. The predicted molar refractivity (Wildman–Crippen MR) is 54.1 cm³/mol. The van der Waals surface area contributed by atoms with Crippen molar-refractivity contribution in [2.75, 3.05) is 6.54 Å². The van der Waals surface area contributed by atoms with Crippen LogP contribution in [0.1, 0.15) is 18.7 Å². The maximum atomic E-state index is 9.82. The van der Waals surface area contributed by atoms with Crippen molar-refractivity contribution in [3.63, 3.8) is 0 Å². The van der Waals surface area contributed by atoms with Gasteiger partial charge in [0, 0.05) is 7.05 Å². The summed E-state index contributed by atoms with van der Waals surface area (Å²) < 4.78 is 2.38. The molecule has 5 heteroatoms. The first-order valence-corrected chi connectivity index (χ1v) is 4.93. The van der Waals surface area contributed by atoms with Gasteiger partial charge in [-0.25, -0.2) is 0 Å². The summed E-state index contributed by atoms with van der Waals surface area (Å²) in [5.41, 5.74) is 6.25. The molecule has 2 atom stereocenters. The first-order chi connectivity index (χ1) is 6.06. The zero-order valence-corrected chi connectivity index (χ0v) is 9.32. The van der Waals surface area contributed by atoms with Crippen LogP contribution in [-0.4, -0.2) is 21.4 Å². The molecule has 0 amide bonds. The molecule has 0 radical (unpaired) electrons. The minimum Gasteiger partial charge on any atom is -0.386 e. The van der Waals surface area contributed by atoms with E-state index in [1.165, 1.54) is 0 Å². The maximum absolute atomic E-state index is 9.82. The van der Waals surface area contributed by atoms with Crippen LogP contribution in [0.3, 0.4) is 0 Å². The third-order valence-corrected chi connectivity index (χ3v) is 2.49. The average Bonchev–Trinajstić information content (AvgIpc) is 2.42. The van der Waals surface area contributed by atoms with Crippen LogP contribution in [0.5, 0.6) is 0 Å². The number of aliphatic hydroxyl groups excluding tert-OH is 1. The van der Waals surface area contributed by atoms with E-state index >= 15 is 0 Å². The SMILES string of the molecule is CC(CN)C(O)c1cc(Br)nn1C. The topological polar surface area (TPSA) is 64.1 Å². The molecule has 0 aliphatic heterocycles. The van der Waals surface area contributed by atoms with Crippen molar-refractivity contribution in [1.29, 1.82) is 0 Å². The van der Waals surface area contributed by atoms with Crippen molar-refractivity contribution in [2.45, 2.75) is 13.0 Å². The number of hydrogen-bond donors (Lipinski definition) is 2. The minimum atomic E-state index is -0.547. The van der Waals surface area contributed by atoms with Crippen molar-refractivity contribution >= 4 is 15.9 Å². The number of nitrogens with zero attached hydrogens (tertiary/aromatic N) is 2. The van der Waals surface area contributed by atoms with Crippen LogP contribution < -0.4 is 5.73 Å². The summed E-state index contributed by atoms with van der Waals surface area (Å²) >= 11 is 3.25. The van der Waals surface area contributed by atoms with Crippen LogP contribution in [0.4, 0.5) is 0 Å². The third-order valence-electron chi connectivity index (χ3n) is 2.10. The van der Waals surface area contributed by atoms with Gasteiger partial charge in [-0.1, -0.05) is 6.92 Å². The van der Waals surface area contributed by atoms with E-state index in [0.29, 0.717) is 6.54 Å². The molecule has 0 bridgehead atoms. The van der Waals surface area contributed by atoms with Crippen molar-refractivity contribution in [2.24, 2.45) is 18.7 Å². The fourth-order valence-corrected chi connectivity index (χ4v) is 1.61. The summed E-state index contributed by atoms with van der Waals surface area (Å²) in [6.45, 7) is 2.37. The molecule has 1 heterocycles. The van der Waals surface area contributed by atoms with E-state index in [1.54, 1.807) is 17.8 Å². The quantitative estimate of drug-likeness (QED) is 0.832. The molecule has 0 aromatic carbocycles. The highest BCUT2D eigenvalue weighted by molar-refractivity contribution is 9.10. The Bertz CT molecular complexity index is 287. The maximum Gasteiger partial charge on any atom is 0.128 e. The van der Waals surface area contributed by atoms with Gasteiger partial charge in [-0.3, -0.25) is 4.68 Å². The van der Waals surface area contributed by atoms with Crippen LogP contribution in [0.2, 0.25) is 0 Å². The van der Waals surface area contributed by atoms with Gasteiger partial charge in [0.1, 0.15) is 4.60 Å². The average molecular weight is 248 g/mol. The second-order valence-electron chi connectivity index (χ2n) is 3.17. The Labute approximate surface area is 85.9 Å². The van der Waals surface area contributed by atoms with Gasteiger partial charge in [0.05, 0.1) is 11.8 Å². The van der Waals surface area contributed by atoms with Gasteiger partial charge in [-0.15, -0.1) is 0 Å². The molecule has 0 saturated heterocycles. The van der Waals surface area contributed by atoms with Gasteiger partial charge in [0.25, 0.3) is 0 Å². The molecule has 13 heavy (non-hydrogen) atoms. The van der Waals surface area contributed by atoms with Gasteiger partial charge in [0.15, 0.2) is 0 Å². The number of nitrogens with two attached hydrogens (primary N) is 1. The molecule has 0 spiro atoms. The molecule has 0 fully saturated rings. The van der Waals surface area contributed by atoms with E-state index in [-0.39, 0.29) is 5.92 Å². The molecule has 1 aromatic heterocycles. The van der Waals surface area contributed by atoms with Gasteiger partial charge in [0.2, 0.25) is 0 Å². The lowest BCUT2D eigenvalue weighted by Crippen LogP contribution is -2.20. The third kappa shape index (κ3) is 2.30. The van der Waals surface area contributed by atoms with Gasteiger partial charge >= 0.3 is 0 Å². The number of aromatic nitrogens is 2. The number of aliphatic hydroxyl groups is 1. The van der Waals surface area contributed by atoms with E-state index < -0.39 is 6.10 Å². The van der Waals surface area contributed by atoms with Gasteiger partial charge < -0.3 is 10.8 Å². The van der Waals surface area contributed by atoms with Crippen molar-refractivity contribution in [1.82, 2.24) is 9.78 Å². The summed E-state index contributed by atoms with van der Waals surface area (Å²) in [6, 6.07) is 1.80. The van der Waals surface area contributed by atoms with Gasteiger partial charge in [-0.2, -0.15) is 5.10 Å². The molecule has 3 N–H and O–H groups in total. The fraction of sp³-hybridized carbons (Fsp3) is 0.625. The highest BCUT2D eigenvalue weighted by Crippen LogP contribution is 2.22. The first-order valence-electron chi connectivity index (χ1n) is 4.13. The monoisotopic (exact) mass is 247 g/mol. The van der Waals surface area contributed by atoms with E-state index in [0.717, 1.165) is 10.3 Å². The Morgan fingerprint density at radius 2 is 2.38 bits per heavy atom. The number of hydrogen-bond acceptors (Lipinski definition) is 3. The molecule has 74 valence electrons. The van der Waals surface area contributed by atoms with Crippen molar-refractivity contribution in [3.8, 4) is 0 Å². The Morgan fingerprint density at radius 3 is 2.77 bits per heavy atom. The van der Waals surface area contributed by atoms with Crippen LogP contribution in [0.15, 0.2) is 10.7 Å². The molecule has 4 nitrogen and oxygen atoms in total. The van der Waals surface area contributed by atoms with E-state index in [1.807, 2.05) is 6.92 Å². The first kappa shape index (κ1) is 10.7. The predicted octanol–water partition coefficient (Wildman–Crippen LogP) is 0.811. The molecular weight excluding hydrogens is 234 g/mol. The van der Waals surface area contributed by atoms with E-state index in [4.69, 9.17) is 5.73 Å². The summed E-state index contributed by atoms with van der Waals surface area (Å²) in [5, 5.41) is 13.9. The smallest absolute Gasteiger partial charge is 0.128 e. The summed E-state index contributed by atoms with van der Waals surface area (Å²) in [7, 11) is 1.80. The zero-order valence-electron chi connectivity index (χ0n) is 7.74. The molecule has 0 aliphatic rings. The number of aryl methyl sites for hydroxylation is 1. The lowest BCUT2D eigenvalue weighted by molar-refractivity contribution is 0.113. The fourth-order valence-electron chi connectivity index (χ4n) is 1.14. The van der Waals surface area contributed by atoms with E-state index in [9.17, 15) is 5.11 Å². The van der Waals surface area contributed by atoms with Crippen LogP contribution in [-0.2, 0) is 7.05 Å². The van der Waals surface area contributed by atoms with Crippen molar-refractivity contribution < 1.29 is 5.11 Å². The summed E-state index contributed by atoms with van der Waals surface area (Å²) in [4.78, 5) is 0. The second kappa shape index (κ2) is 4.21. The molecule has 2 unspecified atom stereocenters. The lowest BCUT2D eigenvalue weighted by atomic mass is 10.0. The Kier molecular flexibility index (Phi) is 3.47. The van der Waals surface area contributed by atoms with Gasteiger partial charge in [-0.05, 0) is 34.5 Å². The minimum absolute atomic E-state index is 0.0438. The Balaban J connectivity index is 2.87.